The van der Waals surface area contributed by atoms with Gasteiger partial charge >= 0.3 is 17.9 Å². The van der Waals surface area contributed by atoms with Gasteiger partial charge in [0.15, 0.2) is 0 Å². The Morgan fingerprint density at radius 2 is 1.40 bits per heavy atom. The van der Waals surface area contributed by atoms with Gasteiger partial charge in [0.05, 0.1) is 75.7 Å². The summed E-state index contributed by atoms with van der Waals surface area (Å²) < 4.78 is 43.5. The zero-order valence-corrected chi connectivity index (χ0v) is 39.6. The van der Waals surface area contributed by atoms with E-state index in [0.29, 0.717) is 25.9 Å². The number of nitrogens with zero attached hydrogens (tertiary/aromatic N) is 2. The Bertz CT molecular complexity index is 2240. The van der Waals surface area contributed by atoms with E-state index in [2.05, 4.69) is 20.1 Å². The summed E-state index contributed by atoms with van der Waals surface area (Å²) in [7, 11) is 1.60. The molecule has 0 aliphatic carbocycles. The van der Waals surface area contributed by atoms with E-state index in [-0.39, 0.29) is 71.1 Å². The van der Waals surface area contributed by atoms with Gasteiger partial charge in [-0.05, 0) is 113 Å². The monoisotopic (exact) mass is 940 g/mol. The van der Waals surface area contributed by atoms with Crippen LogP contribution in [-0.4, -0.2) is 96.9 Å². The predicted octanol–water partition coefficient (Wildman–Crippen LogP) is 9.52. The lowest BCUT2D eigenvalue weighted by Gasteiger charge is -2.38. The molecule has 3 aromatic rings. The largest absolute Gasteiger partial charge is 0.465 e. The van der Waals surface area contributed by atoms with E-state index in [1.807, 2.05) is 51.1 Å². The van der Waals surface area contributed by atoms with Gasteiger partial charge in [-0.3, -0.25) is 25.0 Å². The second-order valence-electron chi connectivity index (χ2n) is 19.1. The second kappa shape index (κ2) is 23.5. The van der Waals surface area contributed by atoms with Gasteiger partial charge < -0.3 is 33.2 Å². The molecule has 16 heteroatoms. The van der Waals surface area contributed by atoms with E-state index in [9.17, 15) is 34.6 Å². The summed E-state index contributed by atoms with van der Waals surface area (Å²) in [6.45, 7) is 16.4. The van der Waals surface area contributed by atoms with Crippen molar-refractivity contribution in [1.29, 1.82) is 0 Å². The van der Waals surface area contributed by atoms with Gasteiger partial charge in [0.2, 0.25) is 0 Å². The van der Waals surface area contributed by atoms with Gasteiger partial charge in [-0.25, -0.2) is 9.59 Å². The number of methoxy groups -OCH3 is 1. The number of carbonyl (C=O) groups excluding carboxylic acids is 3. The third-order valence-corrected chi connectivity index (χ3v) is 13.0. The Morgan fingerprint density at radius 3 is 2.00 bits per heavy atom. The topological polar surface area (TPSA) is 202 Å². The Hall–Kier alpha value is -5.81. The van der Waals surface area contributed by atoms with Gasteiger partial charge in [0, 0.05) is 50.1 Å². The zero-order chi connectivity index (χ0) is 49.1. The fourth-order valence-electron chi connectivity index (χ4n) is 9.20. The Balaban J connectivity index is 1.14. The van der Waals surface area contributed by atoms with Gasteiger partial charge in [-0.2, -0.15) is 0 Å². The highest BCUT2D eigenvalue weighted by atomic mass is 16.6. The fraction of sp³-hybridized carbons (Fsp3) is 0.519. The number of non-ortho nitro benzene ring substituents is 2. The van der Waals surface area contributed by atoms with E-state index in [1.165, 1.54) is 48.5 Å². The first kappa shape index (κ1) is 51.6. The molecule has 16 nitrogen and oxygen atoms in total. The van der Waals surface area contributed by atoms with E-state index >= 15 is 0 Å². The predicted molar refractivity (Wildman–Crippen MR) is 251 cm³/mol. The van der Waals surface area contributed by atoms with Crippen LogP contribution in [0.15, 0.2) is 103 Å². The number of esters is 3. The molecular formula is C52H64N2O14. The lowest BCUT2D eigenvalue weighted by Crippen LogP contribution is -2.39. The average molecular weight is 941 g/mol. The van der Waals surface area contributed by atoms with Crippen LogP contribution < -0.4 is 0 Å². The Morgan fingerprint density at radius 1 is 0.779 bits per heavy atom. The van der Waals surface area contributed by atoms with Crippen molar-refractivity contribution in [1.82, 2.24) is 0 Å². The highest BCUT2D eigenvalue weighted by Crippen LogP contribution is 2.41. The molecule has 0 N–H and O–H groups in total. The summed E-state index contributed by atoms with van der Waals surface area (Å²) in [4.78, 5) is 60.3. The van der Waals surface area contributed by atoms with Crippen LogP contribution in [0.4, 0.5) is 11.4 Å². The minimum atomic E-state index is -1.07. The molecule has 3 aliphatic heterocycles. The van der Waals surface area contributed by atoms with Crippen LogP contribution in [0.25, 0.3) is 0 Å². The second-order valence-corrected chi connectivity index (χ2v) is 19.1. The standard InChI is InChI=1S/C52H64N2O14/c1-32-26-41(23-24-44-33(2)27-40(65-44)14-11-25-63-51(57)52(4,5)6)66-45(34(32)3)30-46-43(28-35-12-9-8-10-13-35)48(62-7)47(68-46)29-42(67-50(56)37-17-21-39(22-18-37)54(60)61)31-64-49(55)36-15-19-38(20-16-36)53(58)59/h8-10,12-13,15-22,32,40-48H,2-3,11,14,23-31H2,1,4-7H3/t32-,40+,41+,42+,43+,44?,45-,46?,47-,48-/m1/s1. The van der Waals surface area contributed by atoms with Crippen molar-refractivity contribution in [2.75, 3.05) is 20.3 Å². The van der Waals surface area contributed by atoms with Crippen LogP contribution >= 0.6 is 0 Å². The summed E-state index contributed by atoms with van der Waals surface area (Å²) in [5, 5.41) is 22.5. The summed E-state index contributed by atoms with van der Waals surface area (Å²) in [6.07, 6.45) is 2.61. The quantitative estimate of drug-likeness (QED) is 0.0244. The third-order valence-electron chi connectivity index (χ3n) is 13.0. The number of ether oxygens (including phenoxy) is 7. The fourth-order valence-corrected chi connectivity index (χ4v) is 9.20. The summed E-state index contributed by atoms with van der Waals surface area (Å²) >= 11 is 0. The lowest BCUT2D eigenvalue weighted by atomic mass is 9.81. The maximum absolute atomic E-state index is 13.6. The van der Waals surface area contributed by atoms with Crippen LogP contribution in [0.1, 0.15) is 105 Å². The minimum absolute atomic E-state index is 0.0230. The number of hydrogen-bond donors (Lipinski definition) is 0. The van der Waals surface area contributed by atoms with Gasteiger partial charge in [-0.1, -0.05) is 50.4 Å². The Kier molecular flexibility index (Phi) is 17.8. The highest BCUT2D eigenvalue weighted by Gasteiger charge is 2.48. The molecule has 366 valence electrons. The van der Waals surface area contributed by atoms with Crippen molar-refractivity contribution in [2.24, 2.45) is 17.3 Å². The first-order valence-corrected chi connectivity index (χ1v) is 23.3. The number of benzene rings is 3. The molecule has 0 amide bonds. The molecule has 2 unspecified atom stereocenters. The molecule has 10 atom stereocenters. The maximum atomic E-state index is 13.6. The molecule has 0 radical (unpaired) electrons. The highest BCUT2D eigenvalue weighted by molar-refractivity contribution is 5.90. The number of nitro groups is 2. The summed E-state index contributed by atoms with van der Waals surface area (Å²) in [5.41, 5.74) is 2.27. The first-order chi connectivity index (χ1) is 32.4. The molecule has 3 heterocycles. The molecule has 3 aliphatic rings. The molecule has 6 rings (SSSR count). The SMILES string of the molecule is C=C1C[C@H](CCCOC(=O)C(C)(C)C)OC1CC[C@H]1C[C@@H](C)C(=C)[C@@H](CC2O[C@H](C[C@@H](COC(=O)c3ccc([N+](=O)[O-])cc3)OC(=O)c3ccc([N+](=O)[O-])cc3)[C@H](OC)[C@H]2Cc2ccccc2)O1. The van der Waals surface area contributed by atoms with Crippen LogP contribution in [0.3, 0.4) is 0 Å². The zero-order valence-electron chi connectivity index (χ0n) is 39.6. The van der Waals surface area contributed by atoms with Gasteiger partial charge in [0.1, 0.15) is 12.7 Å². The van der Waals surface area contributed by atoms with Crippen molar-refractivity contribution in [3.05, 3.63) is 140 Å². The molecule has 3 fully saturated rings. The van der Waals surface area contributed by atoms with E-state index in [4.69, 9.17) is 33.2 Å². The molecule has 68 heavy (non-hydrogen) atoms. The molecule has 3 aromatic carbocycles. The van der Waals surface area contributed by atoms with E-state index in [1.54, 1.807) is 7.11 Å². The van der Waals surface area contributed by atoms with Gasteiger partial charge in [0.25, 0.3) is 11.4 Å². The van der Waals surface area contributed by atoms with Crippen molar-refractivity contribution in [3.8, 4) is 0 Å². The molecule has 0 bridgehead atoms. The summed E-state index contributed by atoms with van der Waals surface area (Å²) in [6, 6.07) is 19.9. The normalized spacial score (nSPS) is 25.4. The number of nitro benzene ring substituents is 2. The number of carbonyl (C=O) groups is 3. The van der Waals surface area contributed by atoms with E-state index in [0.717, 1.165) is 48.8 Å². The lowest BCUT2D eigenvalue weighted by molar-refractivity contribution is -0.385. The van der Waals surface area contributed by atoms with Crippen molar-refractivity contribution < 1.29 is 57.4 Å². The summed E-state index contributed by atoms with van der Waals surface area (Å²) in [5.74, 6) is -1.81. The van der Waals surface area contributed by atoms with Crippen LogP contribution in [0, 0.1) is 37.5 Å². The average Bonchev–Trinajstić information content (AvgIpc) is 3.83. The minimum Gasteiger partial charge on any atom is -0.465 e. The maximum Gasteiger partial charge on any atom is 0.338 e. The molecule has 3 saturated heterocycles. The van der Waals surface area contributed by atoms with Crippen LogP contribution in [0.5, 0.6) is 0 Å². The van der Waals surface area contributed by atoms with Crippen molar-refractivity contribution >= 4 is 29.3 Å². The molecular weight excluding hydrogens is 877 g/mol. The first-order valence-electron chi connectivity index (χ1n) is 23.3. The van der Waals surface area contributed by atoms with Gasteiger partial charge in [-0.15, -0.1) is 0 Å². The third kappa shape index (κ3) is 13.9. The smallest absolute Gasteiger partial charge is 0.338 e. The van der Waals surface area contributed by atoms with Crippen LogP contribution in [-0.2, 0) is 44.4 Å². The van der Waals surface area contributed by atoms with Crippen molar-refractivity contribution in [2.45, 2.75) is 134 Å². The van der Waals surface area contributed by atoms with E-state index < -0.39 is 58.2 Å². The molecule has 0 saturated carbocycles. The molecule has 0 spiro atoms. The number of hydrogen-bond acceptors (Lipinski definition) is 14. The Labute approximate surface area is 397 Å². The number of rotatable bonds is 21. The van der Waals surface area contributed by atoms with Crippen LogP contribution in [0.2, 0.25) is 0 Å². The molecule has 0 aromatic heterocycles. The van der Waals surface area contributed by atoms with Crippen molar-refractivity contribution in [3.63, 3.8) is 0 Å².